The first kappa shape index (κ1) is 21.2. The summed E-state index contributed by atoms with van der Waals surface area (Å²) in [6.07, 6.45) is 2.15. The van der Waals surface area contributed by atoms with E-state index >= 15 is 0 Å². The highest BCUT2D eigenvalue weighted by atomic mass is 127. The summed E-state index contributed by atoms with van der Waals surface area (Å²) in [4.78, 5) is 4.17. The molecule has 0 amide bonds. The van der Waals surface area contributed by atoms with Crippen molar-refractivity contribution in [3.05, 3.63) is 0 Å². The number of aliphatic imine (C=N–C) groups is 1. The number of guanidine groups is 1. The van der Waals surface area contributed by atoms with Crippen molar-refractivity contribution in [2.24, 2.45) is 4.99 Å². The van der Waals surface area contributed by atoms with Gasteiger partial charge in [0.05, 0.1) is 5.60 Å². The minimum Gasteiger partial charge on any atom is -0.382 e. The van der Waals surface area contributed by atoms with Crippen molar-refractivity contribution in [1.29, 1.82) is 0 Å². The molecule has 0 atom stereocenters. The van der Waals surface area contributed by atoms with E-state index in [1.165, 1.54) is 0 Å². The van der Waals surface area contributed by atoms with Gasteiger partial charge in [-0.15, -0.1) is 24.0 Å². The van der Waals surface area contributed by atoms with Gasteiger partial charge in [-0.25, -0.2) is 0 Å². The van der Waals surface area contributed by atoms with Crippen LogP contribution in [0.2, 0.25) is 0 Å². The summed E-state index contributed by atoms with van der Waals surface area (Å²) in [5.74, 6) is 0.816. The van der Waals surface area contributed by atoms with Crippen molar-refractivity contribution >= 4 is 29.9 Å². The zero-order valence-corrected chi connectivity index (χ0v) is 15.2. The van der Waals surface area contributed by atoms with E-state index in [1.807, 2.05) is 20.8 Å². The first-order valence-corrected chi connectivity index (χ1v) is 6.63. The minimum absolute atomic E-state index is 0. The Morgan fingerprint density at radius 2 is 1.89 bits per heavy atom. The van der Waals surface area contributed by atoms with Crippen LogP contribution < -0.4 is 10.6 Å². The molecule has 116 valence electrons. The van der Waals surface area contributed by atoms with Crippen molar-refractivity contribution in [1.82, 2.24) is 10.6 Å². The lowest BCUT2D eigenvalue weighted by Gasteiger charge is -2.24. The Kier molecular flexibility index (Phi) is 14.4. The molecule has 0 aliphatic heterocycles. The molecule has 0 aliphatic carbocycles. The summed E-state index contributed by atoms with van der Waals surface area (Å²) in [7, 11) is 3.49. The highest BCUT2D eigenvalue weighted by Gasteiger charge is 2.16. The van der Waals surface area contributed by atoms with Crippen molar-refractivity contribution in [2.45, 2.75) is 39.2 Å². The molecule has 0 bridgehead atoms. The van der Waals surface area contributed by atoms with Crippen LogP contribution in [-0.4, -0.2) is 52.0 Å². The lowest BCUT2D eigenvalue weighted by Crippen LogP contribution is -2.45. The fourth-order valence-electron chi connectivity index (χ4n) is 1.27. The van der Waals surface area contributed by atoms with Gasteiger partial charge in [0.25, 0.3) is 0 Å². The van der Waals surface area contributed by atoms with Gasteiger partial charge in [0.15, 0.2) is 5.96 Å². The van der Waals surface area contributed by atoms with Gasteiger partial charge in [-0.1, -0.05) is 0 Å². The van der Waals surface area contributed by atoms with Crippen LogP contribution in [0, 0.1) is 0 Å². The smallest absolute Gasteiger partial charge is 0.191 e. The Morgan fingerprint density at radius 3 is 2.42 bits per heavy atom. The van der Waals surface area contributed by atoms with Crippen molar-refractivity contribution in [3.8, 4) is 0 Å². The number of hydrogen-bond acceptors (Lipinski definition) is 3. The van der Waals surface area contributed by atoms with Crippen LogP contribution in [0.1, 0.15) is 33.6 Å². The minimum atomic E-state index is -0.188. The Labute approximate surface area is 134 Å². The first-order valence-electron chi connectivity index (χ1n) is 6.63. The summed E-state index contributed by atoms with van der Waals surface area (Å²) >= 11 is 0. The van der Waals surface area contributed by atoms with Crippen LogP contribution in [0.4, 0.5) is 0 Å². The Morgan fingerprint density at radius 1 is 1.21 bits per heavy atom. The van der Waals surface area contributed by atoms with E-state index in [-0.39, 0.29) is 29.6 Å². The average Bonchev–Trinajstić information content (AvgIpc) is 2.37. The number of halogens is 1. The maximum absolute atomic E-state index is 5.34. The van der Waals surface area contributed by atoms with Crippen LogP contribution in [0.25, 0.3) is 0 Å². The molecule has 5 nitrogen and oxygen atoms in total. The van der Waals surface area contributed by atoms with E-state index in [0.717, 1.165) is 45.1 Å². The zero-order chi connectivity index (χ0) is 13.9. The maximum atomic E-state index is 5.34. The van der Waals surface area contributed by atoms with Gasteiger partial charge >= 0.3 is 0 Å². The quantitative estimate of drug-likeness (QED) is 0.275. The molecule has 0 aromatic rings. The number of hydrogen-bond donors (Lipinski definition) is 2. The van der Waals surface area contributed by atoms with E-state index in [9.17, 15) is 0 Å². The van der Waals surface area contributed by atoms with Crippen LogP contribution in [0.3, 0.4) is 0 Å². The third-order valence-electron chi connectivity index (χ3n) is 2.67. The molecule has 0 heterocycles. The second-order valence-corrected chi connectivity index (χ2v) is 4.72. The van der Waals surface area contributed by atoms with Crippen molar-refractivity contribution in [2.75, 3.05) is 40.5 Å². The molecule has 0 saturated heterocycles. The zero-order valence-electron chi connectivity index (χ0n) is 12.9. The molecule has 0 aliphatic rings. The van der Waals surface area contributed by atoms with Gasteiger partial charge in [0, 0.05) is 40.5 Å². The largest absolute Gasteiger partial charge is 0.382 e. The first-order chi connectivity index (χ1) is 8.55. The molecule has 0 unspecified atom stereocenters. The third kappa shape index (κ3) is 12.7. The molecule has 0 rings (SSSR count). The summed E-state index contributed by atoms with van der Waals surface area (Å²) < 4.78 is 10.6. The van der Waals surface area contributed by atoms with Crippen LogP contribution >= 0.6 is 24.0 Å². The molecule has 19 heavy (non-hydrogen) atoms. The molecule has 0 radical (unpaired) electrons. The van der Waals surface area contributed by atoms with Gasteiger partial charge in [-0.2, -0.15) is 0 Å². The van der Waals surface area contributed by atoms with Crippen LogP contribution in [-0.2, 0) is 9.47 Å². The molecule has 0 aromatic carbocycles. The summed E-state index contributed by atoms with van der Waals surface area (Å²) in [6.45, 7) is 9.35. The Bertz CT molecular complexity index is 236. The molecule has 0 aromatic heterocycles. The summed E-state index contributed by atoms with van der Waals surface area (Å²) in [6, 6.07) is 0. The molecular formula is C13H30IN3O2. The second kappa shape index (κ2) is 12.9. The normalized spacial score (nSPS) is 11.9. The molecule has 6 heteroatoms. The van der Waals surface area contributed by atoms with Crippen molar-refractivity contribution < 1.29 is 9.47 Å². The number of nitrogens with zero attached hydrogens (tertiary/aromatic N) is 1. The monoisotopic (exact) mass is 387 g/mol. The lowest BCUT2D eigenvalue weighted by atomic mass is 10.1. The average molecular weight is 387 g/mol. The number of rotatable bonds is 9. The highest BCUT2D eigenvalue weighted by molar-refractivity contribution is 14.0. The fourth-order valence-corrected chi connectivity index (χ4v) is 1.27. The Hall–Kier alpha value is -0.0800. The summed E-state index contributed by atoms with van der Waals surface area (Å²) in [5.41, 5.74) is -0.188. The molecule has 0 saturated carbocycles. The third-order valence-corrected chi connectivity index (χ3v) is 2.67. The van der Waals surface area contributed by atoms with Crippen molar-refractivity contribution in [3.63, 3.8) is 0 Å². The SMILES string of the molecule is CCOCCCCNC(=NC)NCC(C)(C)OC.I. The standard InChI is InChI=1S/C13H29N3O2.HI/c1-6-18-10-8-7-9-15-12(14-4)16-11-13(2,3)17-5;/h6-11H2,1-5H3,(H2,14,15,16);1H. The van der Waals surface area contributed by atoms with E-state index in [4.69, 9.17) is 9.47 Å². The highest BCUT2D eigenvalue weighted by Crippen LogP contribution is 2.04. The predicted octanol–water partition coefficient (Wildman–Crippen LogP) is 2.01. The van der Waals surface area contributed by atoms with Crippen LogP contribution in [0.15, 0.2) is 4.99 Å². The number of unbranched alkanes of at least 4 members (excludes halogenated alkanes) is 1. The molecule has 0 fully saturated rings. The summed E-state index contributed by atoms with van der Waals surface area (Å²) in [5, 5.41) is 6.52. The predicted molar refractivity (Wildman–Crippen MR) is 91.6 cm³/mol. The van der Waals surface area contributed by atoms with Crippen LogP contribution in [0.5, 0.6) is 0 Å². The van der Waals surface area contributed by atoms with E-state index < -0.39 is 0 Å². The van der Waals surface area contributed by atoms with E-state index in [0.29, 0.717) is 0 Å². The van der Waals surface area contributed by atoms with Gasteiger partial charge < -0.3 is 20.1 Å². The topological polar surface area (TPSA) is 54.9 Å². The number of nitrogens with one attached hydrogen (secondary N) is 2. The number of methoxy groups -OCH3 is 1. The molecular weight excluding hydrogens is 357 g/mol. The van der Waals surface area contributed by atoms with Gasteiger partial charge in [0.1, 0.15) is 0 Å². The molecule has 2 N–H and O–H groups in total. The second-order valence-electron chi connectivity index (χ2n) is 4.72. The molecule has 0 spiro atoms. The van der Waals surface area contributed by atoms with E-state index in [1.54, 1.807) is 14.2 Å². The fraction of sp³-hybridized carbons (Fsp3) is 0.923. The van der Waals surface area contributed by atoms with E-state index in [2.05, 4.69) is 15.6 Å². The number of ether oxygens (including phenoxy) is 2. The van der Waals surface area contributed by atoms with Gasteiger partial charge in [-0.3, -0.25) is 4.99 Å². The Balaban J connectivity index is 0. The van der Waals surface area contributed by atoms with Gasteiger partial charge in [0.2, 0.25) is 0 Å². The lowest BCUT2D eigenvalue weighted by molar-refractivity contribution is 0.0268. The van der Waals surface area contributed by atoms with Gasteiger partial charge in [-0.05, 0) is 33.6 Å². The maximum Gasteiger partial charge on any atom is 0.191 e.